The number of carbonyl (C=O) groups excluding carboxylic acids is 4. The van der Waals surface area contributed by atoms with Crippen LogP contribution in [0.2, 0.25) is 0 Å². The van der Waals surface area contributed by atoms with Gasteiger partial charge < -0.3 is 14.8 Å². The molecule has 0 spiro atoms. The van der Waals surface area contributed by atoms with Gasteiger partial charge in [-0.2, -0.15) is 0 Å². The molecule has 1 atom stereocenters. The van der Waals surface area contributed by atoms with Gasteiger partial charge in [0.15, 0.2) is 6.61 Å². The zero-order valence-electron chi connectivity index (χ0n) is 17.2. The number of esters is 1. The van der Waals surface area contributed by atoms with Crippen molar-refractivity contribution in [2.24, 2.45) is 5.92 Å². The maximum absolute atomic E-state index is 12.5. The van der Waals surface area contributed by atoms with Crippen molar-refractivity contribution in [1.82, 2.24) is 10.4 Å². The molecule has 3 rings (SSSR count). The van der Waals surface area contributed by atoms with Gasteiger partial charge in [0.1, 0.15) is 5.75 Å². The summed E-state index contributed by atoms with van der Waals surface area (Å²) in [6, 6.07) is 13.8. The first-order chi connectivity index (χ1) is 14.9. The number of benzene rings is 2. The van der Waals surface area contributed by atoms with Crippen LogP contribution in [-0.4, -0.2) is 49.0 Å². The maximum Gasteiger partial charge on any atom is 0.311 e. The summed E-state index contributed by atoms with van der Waals surface area (Å²) >= 11 is 0. The second-order valence-electron chi connectivity index (χ2n) is 7.02. The van der Waals surface area contributed by atoms with E-state index in [2.05, 4.69) is 10.7 Å². The van der Waals surface area contributed by atoms with Crippen molar-refractivity contribution in [3.05, 3.63) is 59.7 Å². The largest absolute Gasteiger partial charge is 0.496 e. The van der Waals surface area contributed by atoms with Crippen LogP contribution in [-0.2, 0) is 19.1 Å². The highest BCUT2D eigenvalue weighted by molar-refractivity contribution is 5.99. The zero-order chi connectivity index (χ0) is 22.4. The Hall–Kier alpha value is -3.88. The molecular weight excluding hydrogens is 402 g/mol. The summed E-state index contributed by atoms with van der Waals surface area (Å²) in [5.74, 6) is -2.53. The third kappa shape index (κ3) is 5.39. The van der Waals surface area contributed by atoms with Gasteiger partial charge in [-0.25, -0.2) is 0 Å². The molecule has 1 aliphatic heterocycles. The van der Waals surface area contributed by atoms with Crippen LogP contribution in [0.3, 0.4) is 0 Å². The number of amides is 3. The van der Waals surface area contributed by atoms with Gasteiger partial charge in [0.25, 0.3) is 11.8 Å². The summed E-state index contributed by atoms with van der Waals surface area (Å²) in [5, 5.41) is 3.74. The van der Waals surface area contributed by atoms with Crippen LogP contribution in [0.15, 0.2) is 48.5 Å². The molecule has 0 bridgehead atoms. The van der Waals surface area contributed by atoms with E-state index < -0.39 is 36.2 Å². The van der Waals surface area contributed by atoms with E-state index in [1.54, 1.807) is 36.4 Å². The average molecular weight is 425 g/mol. The van der Waals surface area contributed by atoms with Crippen molar-refractivity contribution in [3.8, 4) is 5.75 Å². The SMILES string of the molecule is COc1ccccc1C(=O)NN1C[C@@H](C(=O)OCC(=O)Nc2ccccc2C)CC1=O. The minimum absolute atomic E-state index is 0.0437. The van der Waals surface area contributed by atoms with E-state index in [9.17, 15) is 19.2 Å². The summed E-state index contributed by atoms with van der Waals surface area (Å²) in [7, 11) is 1.44. The smallest absolute Gasteiger partial charge is 0.311 e. The summed E-state index contributed by atoms with van der Waals surface area (Å²) in [6.07, 6.45) is -0.121. The molecule has 1 aliphatic rings. The minimum atomic E-state index is -0.781. The molecule has 0 saturated carbocycles. The fraction of sp³-hybridized carbons (Fsp3) is 0.273. The van der Waals surface area contributed by atoms with Gasteiger partial charge in [-0.1, -0.05) is 30.3 Å². The number of methoxy groups -OCH3 is 1. The highest BCUT2D eigenvalue weighted by Crippen LogP contribution is 2.20. The van der Waals surface area contributed by atoms with E-state index in [1.807, 2.05) is 19.1 Å². The fourth-order valence-corrected chi connectivity index (χ4v) is 3.14. The standard InChI is InChI=1S/C22H23N3O6/c1-14-7-3-5-9-17(14)23-19(26)13-31-22(29)15-11-20(27)25(12-15)24-21(28)16-8-4-6-10-18(16)30-2/h3-10,15H,11-13H2,1-2H3,(H,23,26)(H,24,28)/t15-/m0/s1. The van der Waals surface area contributed by atoms with Crippen molar-refractivity contribution in [2.45, 2.75) is 13.3 Å². The van der Waals surface area contributed by atoms with Crippen molar-refractivity contribution in [2.75, 3.05) is 25.6 Å². The Morgan fingerprint density at radius 1 is 1.10 bits per heavy atom. The Bertz CT molecular complexity index is 1010. The molecule has 0 radical (unpaired) electrons. The Balaban J connectivity index is 1.51. The van der Waals surface area contributed by atoms with Crippen molar-refractivity contribution in [1.29, 1.82) is 0 Å². The van der Waals surface area contributed by atoms with E-state index in [0.29, 0.717) is 11.4 Å². The number of ether oxygens (including phenoxy) is 2. The van der Waals surface area contributed by atoms with E-state index >= 15 is 0 Å². The predicted molar refractivity (Wildman–Crippen MR) is 111 cm³/mol. The van der Waals surface area contributed by atoms with Crippen molar-refractivity contribution < 1.29 is 28.7 Å². The molecule has 0 aliphatic carbocycles. The second-order valence-corrected chi connectivity index (χ2v) is 7.02. The van der Waals surface area contributed by atoms with Crippen molar-refractivity contribution in [3.63, 3.8) is 0 Å². The third-order valence-corrected chi connectivity index (χ3v) is 4.81. The van der Waals surface area contributed by atoms with Gasteiger partial charge in [0.2, 0.25) is 5.91 Å². The van der Waals surface area contributed by atoms with Gasteiger partial charge in [0.05, 0.1) is 25.1 Å². The number of aryl methyl sites for hydroxylation is 1. The number of para-hydroxylation sites is 2. The number of carbonyl (C=O) groups is 4. The van der Waals surface area contributed by atoms with E-state index in [4.69, 9.17) is 9.47 Å². The first kappa shape index (κ1) is 21.8. The Labute approximate surface area is 179 Å². The monoisotopic (exact) mass is 425 g/mol. The first-order valence-electron chi connectivity index (χ1n) is 9.65. The summed E-state index contributed by atoms with van der Waals surface area (Å²) in [6.45, 7) is 1.34. The van der Waals surface area contributed by atoms with Gasteiger partial charge >= 0.3 is 5.97 Å². The van der Waals surface area contributed by atoms with Crippen LogP contribution >= 0.6 is 0 Å². The quantitative estimate of drug-likeness (QED) is 0.653. The molecule has 31 heavy (non-hydrogen) atoms. The lowest BCUT2D eigenvalue weighted by atomic mass is 10.1. The number of anilines is 1. The van der Waals surface area contributed by atoms with Gasteiger partial charge in [0, 0.05) is 12.1 Å². The number of hydrogen-bond acceptors (Lipinski definition) is 6. The van der Waals surface area contributed by atoms with Crippen LogP contribution in [0.4, 0.5) is 5.69 Å². The molecule has 9 nitrogen and oxygen atoms in total. The Morgan fingerprint density at radius 2 is 1.81 bits per heavy atom. The summed E-state index contributed by atoms with van der Waals surface area (Å²) in [5.41, 5.74) is 4.26. The van der Waals surface area contributed by atoms with Crippen LogP contribution in [0.1, 0.15) is 22.3 Å². The van der Waals surface area contributed by atoms with Crippen LogP contribution < -0.4 is 15.5 Å². The molecule has 3 amide bonds. The fourth-order valence-electron chi connectivity index (χ4n) is 3.14. The average Bonchev–Trinajstić information content (AvgIpc) is 3.13. The molecule has 2 N–H and O–H groups in total. The topological polar surface area (TPSA) is 114 Å². The molecule has 162 valence electrons. The molecule has 2 aromatic carbocycles. The first-order valence-corrected chi connectivity index (χ1v) is 9.65. The van der Waals surface area contributed by atoms with E-state index in [1.165, 1.54) is 7.11 Å². The molecule has 0 aromatic heterocycles. The van der Waals surface area contributed by atoms with Gasteiger partial charge in [-0.05, 0) is 30.7 Å². The van der Waals surface area contributed by atoms with Crippen molar-refractivity contribution >= 4 is 29.4 Å². The number of nitrogens with zero attached hydrogens (tertiary/aromatic N) is 1. The second kappa shape index (κ2) is 9.75. The Kier molecular flexibility index (Phi) is 6.86. The third-order valence-electron chi connectivity index (χ3n) is 4.81. The van der Waals surface area contributed by atoms with Crippen LogP contribution in [0, 0.1) is 12.8 Å². The molecule has 1 heterocycles. The predicted octanol–water partition coefficient (Wildman–Crippen LogP) is 1.68. The Morgan fingerprint density at radius 3 is 2.55 bits per heavy atom. The molecule has 9 heteroatoms. The number of hydrazine groups is 1. The van der Waals surface area contributed by atoms with Crippen LogP contribution in [0.5, 0.6) is 5.75 Å². The number of rotatable bonds is 7. The lowest BCUT2D eigenvalue weighted by molar-refractivity contribution is -0.151. The minimum Gasteiger partial charge on any atom is -0.496 e. The molecule has 1 saturated heterocycles. The number of hydrogen-bond donors (Lipinski definition) is 2. The zero-order valence-corrected chi connectivity index (χ0v) is 17.2. The lowest BCUT2D eigenvalue weighted by Crippen LogP contribution is -2.43. The molecule has 0 unspecified atom stereocenters. The van der Waals surface area contributed by atoms with E-state index in [-0.39, 0.29) is 18.5 Å². The van der Waals surface area contributed by atoms with Crippen LogP contribution in [0.25, 0.3) is 0 Å². The molecule has 1 fully saturated rings. The molecule has 2 aromatic rings. The highest BCUT2D eigenvalue weighted by atomic mass is 16.5. The van der Waals surface area contributed by atoms with Gasteiger partial charge in [-0.15, -0.1) is 0 Å². The summed E-state index contributed by atoms with van der Waals surface area (Å²) in [4.78, 5) is 49.0. The molecular formula is C22H23N3O6. The number of nitrogens with one attached hydrogen (secondary N) is 2. The summed E-state index contributed by atoms with van der Waals surface area (Å²) < 4.78 is 10.2. The normalized spacial score (nSPS) is 15.4. The van der Waals surface area contributed by atoms with E-state index in [0.717, 1.165) is 10.6 Å². The van der Waals surface area contributed by atoms with Gasteiger partial charge in [-0.3, -0.25) is 29.6 Å². The highest BCUT2D eigenvalue weighted by Gasteiger charge is 2.37. The lowest BCUT2D eigenvalue weighted by Gasteiger charge is -2.18. The maximum atomic E-state index is 12.5.